The van der Waals surface area contributed by atoms with Crippen molar-refractivity contribution in [3.8, 4) is 0 Å². The summed E-state index contributed by atoms with van der Waals surface area (Å²) >= 11 is 0. The maximum absolute atomic E-state index is 13.2. The van der Waals surface area contributed by atoms with Crippen LogP contribution >= 0.6 is 0 Å². The average molecular weight is 409 g/mol. The number of rotatable bonds is 6. The highest BCUT2D eigenvalue weighted by atomic mass is 16.6. The molecule has 0 spiro atoms. The molecule has 1 aromatic heterocycles. The number of carbonyl (C=O) groups is 1. The predicted molar refractivity (Wildman–Crippen MR) is 114 cm³/mol. The molecule has 0 atom stereocenters. The summed E-state index contributed by atoms with van der Waals surface area (Å²) in [6, 6.07) is 12.1. The number of hydrogen-bond donors (Lipinski definition) is 1. The molecule has 2 aromatic carbocycles. The molecular weight excluding hydrogens is 386 g/mol. The van der Waals surface area contributed by atoms with Crippen molar-refractivity contribution in [3.05, 3.63) is 58.1 Å². The minimum Gasteiger partial charge on any atom is -0.378 e. The van der Waals surface area contributed by atoms with Crippen molar-refractivity contribution >= 4 is 34.3 Å². The van der Waals surface area contributed by atoms with Gasteiger partial charge in [-0.1, -0.05) is 19.1 Å². The minimum absolute atomic E-state index is 0.126. The van der Waals surface area contributed by atoms with Crippen LogP contribution in [0, 0.1) is 10.1 Å². The Morgan fingerprint density at radius 3 is 2.73 bits per heavy atom. The maximum atomic E-state index is 13.2. The number of morpholine rings is 1. The highest BCUT2D eigenvalue weighted by molar-refractivity contribution is 6.08. The molecule has 1 aliphatic rings. The van der Waals surface area contributed by atoms with Crippen molar-refractivity contribution in [2.24, 2.45) is 0 Å². The third kappa shape index (κ3) is 3.84. The van der Waals surface area contributed by atoms with E-state index >= 15 is 0 Å². The van der Waals surface area contributed by atoms with Crippen LogP contribution in [0.1, 0.15) is 23.7 Å². The van der Waals surface area contributed by atoms with E-state index in [4.69, 9.17) is 4.74 Å². The summed E-state index contributed by atoms with van der Waals surface area (Å²) in [6.45, 7) is 5.08. The lowest BCUT2D eigenvalue weighted by Crippen LogP contribution is -2.37. The smallest absolute Gasteiger partial charge is 0.270 e. The number of benzene rings is 2. The van der Waals surface area contributed by atoms with E-state index in [2.05, 4.69) is 17.2 Å². The summed E-state index contributed by atoms with van der Waals surface area (Å²) in [5.74, 6) is 0.00957. The number of nitro groups is 1. The number of aryl methyl sites for hydroxylation is 1. The molecule has 1 amide bonds. The van der Waals surface area contributed by atoms with E-state index in [0.717, 1.165) is 17.5 Å². The number of carbonyl (C=O) groups excluding carboxylic acids is 1. The minimum atomic E-state index is -0.494. The Bertz CT molecular complexity index is 1090. The number of nitro benzene ring substituents is 1. The standard InChI is InChI=1S/C21H23N5O4/c1-2-9-25-19-6-4-3-5-17(19)22-21(25)23-20(27)16-14-15(26(28)29)7-8-18(16)24-10-12-30-13-11-24/h3-8,14H,2,9-13H2,1H3,(H,22,23,27). The number of ether oxygens (including phenoxy) is 1. The number of anilines is 2. The Morgan fingerprint density at radius 1 is 1.23 bits per heavy atom. The van der Waals surface area contributed by atoms with Gasteiger partial charge in [-0.2, -0.15) is 0 Å². The molecule has 0 saturated carbocycles. The largest absolute Gasteiger partial charge is 0.378 e. The number of imidazole rings is 1. The second kappa shape index (κ2) is 8.50. The Morgan fingerprint density at radius 2 is 2.00 bits per heavy atom. The van der Waals surface area contributed by atoms with E-state index in [0.29, 0.717) is 44.5 Å². The molecule has 1 aliphatic heterocycles. The third-order valence-corrected chi connectivity index (χ3v) is 5.11. The van der Waals surface area contributed by atoms with Crippen LogP contribution in [0.25, 0.3) is 11.0 Å². The van der Waals surface area contributed by atoms with E-state index in [1.54, 1.807) is 6.07 Å². The number of nitrogens with zero attached hydrogens (tertiary/aromatic N) is 4. The molecule has 4 rings (SSSR count). The van der Waals surface area contributed by atoms with Gasteiger partial charge < -0.3 is 14.2 Å². The van der Waals surface area contributed by atoms with Gasteiger partial charge in [-0.3, -0.25) is 20.2 Å². The van der Waals surface area contributed by atoms with Crippen molar-refractivity contribution in [2.75, 3.05) is 36.5 Å². The molecule has 1 fully saturated rings. The van der Waals surface area contributed by atoms with Gasteiger partial charge in [0.05, 0.1) is 40.4 Å². The predicted octanol–water partition coefficient (Wildman–Crippen LogP) is 3.44. The van der Waals surface area contributed by atoms with Gasteiger partial charge in [-0.05, 0) is 24.6 Å². The molecule has 0 radical (unpaired) electrons. The summed E-state index contributed by atoms with van der Waals surface area (Å²) in [5.41, 5.74) is 2.50. The van der Waals surface area contributed by atoms with Gasteiger partial charge in [0.2, 0.25) is 5.95 Å². The van der Waals surface area contributed by atoms with Crippen LogP contribution in [0.3, 0.4) is 0 Å². The lowest BCUT2D eigenvalue weighted by Gasteiger charge is -2.30. The van der Waals surface area contributed by atoms with Crippen LogP contribution in [0.5, 0.6) is 0 Å². The highest BCUT2D eigenvalue weighted by Gasteiger charge is 2.23. The third-order valence-electron chi connectivity index (χ3n) is 5.11. The summed E-state index contributed by atoms with van der Waals surface area (Å²) in [7, 11) is 0. The van der Waals surface area contributed by atoms with Gasteiger partial charge in [0.1, 0.15) is 0 Å². The first-order valence-electron chi connectivity index (χ1n) is 9.96. The fraction of sp³-hybridized carbons (Fsp3) is 0.333. The number of amides is 1. The van der Waals surface area contributed by atoms with Gasteiger partial charge in [0, 0.05) is 31.8 Å². The molecule has 0 bridgehead atoms. The summed E-state index contributed by atoms with van der Waals surface area (Å²) in [6.07, 6.45) is 0.874. The van der Waals surface area contributed by atoms with Crippen LogP contribution in [0.15, 0.2) is 42.5 Å². The normalized spacial score (nSPS) is 14.1. The van der Waals surface area contributed by atoms with E-state index in [9.17, 15) is 14.9 Å². The second-order valence-corrected chi connectivity index (χ2v) is 7.09. The number of hydrogen-bond acceptors (Lipinski definition) is 6. The number of fused-ring (bicyclic) bond motifs is 1. The first-order valence-corrected chi connectivity index (χ1v) is 9.96. The van der Waals surface area contributed by atoms with E-state index in [1.807, 2.05) is 33.7 Å². The fourth-order valence-electron chi connectivity index (χ4n) is 3.69. The summed E-state index contributed by atoms with van der Waals surface area (Å²) in [5, 5.41) is 14.2. The zero-order valence-corrected chi connectivity index (χ0v) is 16.7. The Balaban J connectivity index is 1.72. The Hall–Kier alpha value is -3.46. The van der Waals surface area contributed by atoms with Gasteiger partial charge >= 0.3 is 0 Å². The van der Waals surface area contributed by atoms with Gasteiger partial charge in [-0.25, -0.2) is 4.98 Å². The number of non-ortho nitro benzene ring substituents is 1. The number of nitrogens with one attached hydrogen (secondary N) is 1. The van der Waals surface area contributed by atoms with E-state index in [-0.39, 0.29) is 11.3 Å². The fourth-order valence-corrected chi connectivity index (χ4v) is 3.69. The van der Waals surface area contributed by atoms with Crippen LogP contribution in [0.4, 0.5) is 17.3 Å². The van der Waals surface area contributed by atoms with Crippen LogP contribution < -0.4 is 10.2 Å². The quantitative estimate of drug-likeness (QED) is 0.494. The molecule has 2 heterocycles. The van der Waals surface area contributed by atoms with E-state index < -0.39 is 10.8 Å². The molecule has 1 N–H and O–H groups in total. The number of aromatic nitrogens is 2. The molecule has 3 aromatic rings. The van der Waals surface area contributed by atoms with Crippen molar-refractivity contribution in [3.63, 3.8) is 0 Å². The monoisotopic (exact) mass is 409 g/mol. The van der Waals surface area contributed by atoms with Crippen LogP contribution in [-0.4, -0.2) is 46.7 Å². The maximum Gasteiger partial charge on any atom is 0.270 e. The van der Waals surface area contributed by atoms with E-state index in [1.165, 1.54) is 12.1 Å². The Kier molecular flexibility index (Phi) is 5.62. The summed E-state index contributed by atoms with van der Waals surface area (Å²) < 4.78 is 7.35. The molecule has 1 saturated heterocycles. The van der Waals surface area contributed by atoms with Crippen molar-refractivity contribution in [2.45, 2.75) is 19.9 Å². The van der Waals surface area contributed by atoms with Crippen LogP contribution in [-0.2, 0) is 11.3 Å². The molecule has 30 heavy (non-hydrogen) atoms. The van der Waals surface area contributed by atoms with Crippen molar-refractivity contribution in [1.82, 2.24) is 9.55 Å². The SMILES string of the molecule is CCCn1c(NC(=O)c2cc([N+](=O)[O-])ccc2N2CCOCC2)nc2ccccc21. The van der Waals surface area contributed by atoms with Crippen molar-refractivity contribution < 1.29 is 14.5 Å². The lowest BCUT2D eigenvalue weighted by molar-refractivity contribution is -0.384. The topological polar surface area (TPSA) is 103 Å². The average Bonchev–Trinajstić information content (AvgIpc) is 3.11. The lowest BCUT2D eigenvalue weighted by atomic mass is 10.1. The Labute approximate surface area is 173 Å². The second-order valence-electron chi connectivity index (χ2n) is 7.09. The number of para-hydroxylation sites is 2. The van der Waals surface area contributed by atoms with Gasteiger partial charge in [-0.15, -0.1) is 0 Å². The molecule has 156 valence electrons. The first kappa shape index (κ1) is 19.8. The molecule has 9 heteroatoms. The summed E-state index contributed by atoms with van der Waals surface area (Å²) in [4.78, 5) is 30.6. The van der Waals surface area contributed by atoms with Gasteiger partial charge in [0.25, 0.3) is 11.6 Å². The zero-order chi connectivity index (χ0) is 21.1. The molecular formula is C21H23N5O4. The van der Waals surface area contributed by atoms with Gasteiger partial charge in [0.15, 0.2) is 0 Å². The molecule has 0 unspecified atom stereocenters. The molecule has 9 nitrogen and oxygen atoms in total. The highest BCUT2D eigenvalue weighted by Crippen LogP contribution is 2.28. The zero-order valence-electron chi connectivity index (χ0n) is 16.7. The first-order chi connectivity index (χ1) is 14.6. The van der Waals surface area contributed by atoms with Crippen molar-refractivity contribution in [1.29, 1.82) is 0 Å². The van der Waals surface area contributed by atoms with Crippen LogP contribution in [0.2, 0.25) is 0 Å². The molecule has 0 aliphatic carbocycles.